The number of carbonyl (C=O) groups is 1. The Morgan fingerprint density at radius 3 is 2.50 bits per heavy atom. The smallest absolute Gasteiger partial charge is 0.309 e. The molecule has 0 aromatic carbocycles. The predicted octanol–water partition coefficient (Wildman–Crippen LogP) is 0.322. The lowest BCUT2D eigenvalue weighted by atomic mass is 10.2. The van der Waals surface area contributed by atoms with E-state index in [0.29, 0.717) is 6.42 Å². The molecule has 0 aromatic heterocycles. The van der Waals surface area contributed by atoms with Gasteiger partial charge in [-0.05, 0) is 6.92 Å². The van der Waals surface area contributed by atoms with Gasteiger partial charge in [0.05, 0.1) is 6.42 Å². The van der Waals surface area contributed by atoms with Crippen LogP contribution in [-0.2, 0) is 9.53 Å². The summed E-state index contributed by atoms with van der Waals surface area (Å²) in [6.07, 6.45) is 0.803. The lowest BCUT2D eigenvalue weighted by Gasteiger charge is -2.20. The molecule has 34 valence electrons. The van der Waals surface area contributed by atoms with Gasteiger partial charge >= 0.3 is 5.97 Å². The third-order valence-electron chi connectivity index (χ3n) is 0.787. The quantitative estimate of drug-likeness (QED) is 0.397. The summed E-state index contributed by atoms with van der Waals surface area (Å²) in [4.78, 5) is 9.89. The van der Waals surface area contributed by atoms with E-state index in [2.05, 4.69) is 4.74 Å². The number of cyclic esters (lactones) is 1. The van der Waals surface area contributed by atoms with Crippen molar-refractivity contribution >= 4 is 5.97 Å². The lowest BCUT2D eigenvalue weighted by molar-refractivity contribution is -0.167. The zero-order chi connectivity index (χ0) is 4.57. The molecule has 0 unspecified atom stereocenters. The van der Waals surface area contributed by atoms with Gasteiger partial charge in [0.25, 0.3) is 0 Å². The van der Waals surface area contributed by atoms with Crippen LogP contribution in [0.5, 0.6) is 0 Å². The zero-order valence-electron chi connectivity index (χ0n) is 3.60. The van der Waals surface area contributed by atoms with Crippen molar-refractivity contribution in [2.24, 2.45) is 0 Å². The first kappa shape index (κ1) is 3.65. The third-order valence-corrected chi connectivity index (χ3v) is 0.787. The van der Waals surface area contributed by atoms with E-state index in [0.717, 1.165) is 0 Å². The van der Waals surface area contributed by atoms with Gasteiger partial charge in [0.1, 0.15) is 6.10 Å². The molecule has 0 saturated carbocycles. The molecule has 2 nitrogen and oxygen atoms in total. The highest BCUT2D eigenvalue weighted by Gasteiger charge is 2.22. The second kappa shape index (κ2) is 0.965. The van der Waals surface area contributed by atoms with Gasteiger partial charge in [-0.2, -0.15) is 0 Å². The summed E-state index contributed by atoms with van der Waals surface area (Å²) in [7, 11) is 0. The maximum absolute atomic E-state index is 9.89. The Bertz CT molecular complexity index is 69.6. The lowest BCUT2D eigenvalue weighted by Crippen LogP contribution is -2.29. The molecule has 2 heteroatoms. The molecule has 0 bridgehead atoms. The molecule has 6 heavy (non-hydrogen) atoms. The van der Waals surface area contributed by atoms with Gasteiger partial charge in [0.2, 0.25) is 0 Å². The maximum atomic E-state index is 9.89. The van der Waals surface area contributed by atoms with Gasteiger partial charge in [-0.1, -0.05) is 0 Å². The minimum atomic E-state index is -0.0671. The second-order valence-electron chi connectivity index (χ2n) is 1.50. The fraction of sp³-hybridized carbons (Fsp3) is 0.750. The molecule has 1 saturated heterocycles. The monoisotopic (exact) mass is 86.0 g/mol. The van der Waals surface area contributed by atoms with E-state index in [1.165, 1.54) is 0 Å². The zero-order valence-corrected chi connectivity index (χ0v) is 3.60. The number of ether oxygens (including phenoxy) is 1. The van der Waals surface area contributed by atoms with Crippen LogP contribution >= 0.6 is 0 Å². The molecule has 0 aliphatic carbocycles. The van der Waals surface area contributed by atoms with E-state index in [9.17, 15) is 4.79 Å². The van der Waals surface area contributed by atoms with Crippen molar-refractivity contribution < 1.29 is 9.53 Å². The molecular weight excluding hydrogens is 80.0 g/mol. The normalized spacial score (nSPS) is 31.5. The first-order chi connectivity index (χ1) is 2.79. The first-order valence-electron chi connectivity index (χ1n) is 1.98. The fourth-order valence-corrected chi connectivity index (χ4v) is 0.449. The van der Waals surface area contributed by atoms with Crippen LogP contribution in [0, 0.1) is 0 Å². The van der Waals surface area contributed by atoms with Crippen molar-refractivity contribution in [1.29, 1.82) is 0 Å². The van der Waals surface area contributed by atoms with Crippen LogP contribution in [0.3, 0.4) is 0 Å². The fourth-order valence-electron chi connectivity index (χ4n) is 0.449. The molecule has 1 heterocycles. The molecule has 1 aliphatic rings. The molecule has 0 radical (unpaired) electrons. The largest absolute Gasteiger partial charge is 0.462 e. The molecular formula is C4H6O2. The molecule has 0 N–H and O–H groups in total. The maximum Gasteiger partial charge on any atom is 0.309 e. The van der Waals surface area contributed by atoms with Crippen LogP contribution in [0.1, 0.15) is 13.3 Å². The third kappa shape index (κ3) is 0.379. The van der Waals surface area contributed by atoms with Crippen LogP contribution in [-0.4, -0.2) is 12.1 Å². The van der Waals surface area contributed by atoms with Crippen molar-refractivity contribution in [3.8, 4) is 0 Å². The van der Waals surface area contributed by atoms with E-state index in [1.54, 1.807) is 0 Å². The molecule has 1 fully saturated rings. The van der Waals surface area contributed by atoms with Crippen molar-refractivity contribution in [2.45, 2.75) is 19.4 Å². The Labute approximate surface area is 36.1 Å². The van der Waals surface area contributed by atoms with Crippen LogP contribution in [0.4, 0.5) is 0 Å². The van der Waals surface area contributed by atoms with Gasteiger partial charge in [-0.3, -0.25) is 4.79 Å². The van der Waals surface area contributed by atoms with Crippen LogP contribution < -0.4 is 0 Å². The summed E-state index contributed by atoms with van der Waals surface area (Å²) < 4.78 is 4.50. The highest BCUT2D eigenvalue weighted by molar-refractivity contribution is 5.74. The van der Waals surface area contributed by atoms with Crippen molar-refractivity contribution in [3.63, 3.8) is 0 Å². The molecule has 0 amide bonds. The number of hydrogen-bond acceptors (Lipinski definition) is 2. The van der Waals surface area contributed by atoms with Gasteiger partial charge in [-0.15, -0.1) is 0 Å². The Morgan fingerprint density at radius 1 is 2.00 bits per heavy atom. The topological polar surface area (TPSA) is 26.3 Å². The van der Waals surface area contributed by atoms with E-state index < -0.39 is 0 Å². The Kier molecular flexibility index (Phi) is 0.587. The summed E-state index contributed by atoms with van der Waals surface area (Å²) in [5.41, 5.74) is 0. The Balaban J connectivity index is 2.28. The first-order valence-corrected chi connectivity index (χ1v) is 1.98. The summed E-state index contributed by atoms with van der Waals surface area (Å²) in [5.74, 6) is -0.0671. The Hall–Kier alpha value is -0.530. The van der Waals surface area contributed by atoms with E-state index in [1.807, 2.05) is 6.92 Å². The molecule has 0 aromatic rings. The summed E-state index contributed by atoms with van der Waals surface area (Å²) in [6, 6.07) is 0. The van der Waals surface area contributed by atoms with E-state index >= 15 is 0 Å². The number of carbonyl (C=O) groups excluding carboxylic acids is 1. The van der Waals surface area contributed by atoms with Crippen molar-refractivity contribution in [1.82, 2.24) is 0 Å². The summed E-state index contributed by atoms with van der Waals surface area (Å²) in [5, 5.41) is 0. The highest BCUT2D eigenvalue weighted by atomic mass is 16.6. The second-order valence-corrected chi connectivity index (χ2v) is 1.50. The molecule has 1 aliphatic heterocycles. The number of hydrogen-bond donors (Lipinski definition) is 0. The summed E-state index contributed by atoms with van der Waals surface area (Å²) in [6.45, 7) is 1.88. The van der Waals surface area contributed by atoms with Gasteiger partial charge < -0.3 is 4.74 Å². The van der Waals surface area contributed by atoms with Crippen LogP contribution in [0.2, 0.25) is 0 Å². The van der Waals surface area contributed by atoms with Crippen molar-refractivity contribution in [3.05, 3.63) is 0 Å². The molecule has 1 atom stereocenters. The standard InChI is InChI=1S/C4H6O2/c1-3-2-4(5)6-3/h3H,2H2,1H3/t3-/m0/s1. The molecule has 0 spiro atoms. The van der Waals surface area contributed by atoms with Gasteiger partial charge in [0.15, 0.2) is 0 Å². The van der Waals surface area contributed by atoms with Gasteiger partial charge in [-0.25, -0.2) is 0 Å². The van der Waals surface area contributed by atoms with Gasteiger partial charge in [0, 0.05) is 0 Å². The minimum Gasteiger partial charge on any atom is -0.462 e. The predicted molar refractivity (Wildman–Crippen MR) is 20.2 cm³/mol. The molecule has 1 rings (SSSR count). The summed E-state index contributed by atoms with van der Waals surface area (Å²) >= 11 is 0. The average Bonchev–Trinajstić information content (AvgIpc) is 1.33. The highest BCUT2D eigenvalue weighted by Crippen LogP contribution is 2.10. The number of rotatable bonds is 0. The number of esters is 1. The minimum absolute atomic E-state index is 0.0671. The Morgan fingerprint density at radius 2 is 2.50 bits per heavy atom. The van der Waals surface area contributed by atoms with Crippen molar-refractivity contribution in [2.75, 3.05) is 0 Å². The van der Waals surface area contributed by atoms with E-state index in [-0.39, 0.29) is 12.1 Å². The van der Waals surface area contributed by atoms with Crippen LogP contribution in [0.15, 0.2) is 0 Å². The average molecular weight is 86.1 g/mol. The van der Waals surface area contributed by atoms with Crippen LogP contribution in [0.25, 0.3) is 0 Å². The SMILES string of the molecule is C[C@H]1CC(=O)O1. The van der Waals surface area contributed by atoms with E-state index in [4.69, 9.17) is 0 Å².